The SMILES string of the molecule is Oc1ccc(-n2cnnn2)cc1O. The van der Waals surface area contributed by atoms with Crippen LogP contribution in [0, 0.1) is 0 Å². The van der Waals surface area contributed by atoms with E-state index in [2.05, 4.69) is 15.5 Å². The first-order chi connectivity index (χ1) is 6.27. The summed E-state index contributed by atoms with van der Waals surface area (Å²) in [7, 11) is 0. The first-order valence-corrected chi connectivity index (χ1v) is 3.53. The summed E-state index contributed by atoms with van der Waals surface area (Å²) >= 11 is 0. The van der Waals surface area contributed by atoms with Gasteiger partial charge >= 0.3 is 0 Å². The van der Waals surface area contributed by atoms with Crippen molar-refractivity contribution in [3.63, 3.8) is 0 Å². The van der Waals surface area contributed by atoms with Crippen LogP contribution in [0.15, 0.2) is 24.5 Å². The molecule has 13 heavy (non-hydrogen) atoms. The van der Waals surface area contributed by atoms with E-state index in [1.54, 1.807) is 6.07 Å². The fourth-order valence-electron chi connectivity index (χ4n) is 0.934. The molecule has 0 aliphatic carbocycles. The van der Waals surface area contributed by atoms with E-state index in [0.29, 0.717) is 5.69 Å². The number of nitrogens with zero attached hydrogens (tertiary/aromatic N) is 4. The summed E-state index contributed by atoms with van der Waals surface area (Å²) in [6.45, 7) is 0. The van der Waals surface area contributed by atoms with Crippen LogP contribution in [-0.4, -0.2) is 30.4 Å². The van der Waals surface area contributed by atoms with Crippen molar-refractivity contribution in [2.24, 2.45) is 0 Å². The van der Waals surface area contributed by atoms with Gasteiger partial charge in [0.25, 0.3) is 0 Å². The number of tetrazole rings is 1. The highest BCUT2D eigenvalue weighted by molar-refractivity contribution is 5.46. The maximum Gasteiger partial charge on any atom is 0.159 e. The number of aromatic hydroxyl groups is 2. The van der Waals surface area contributed by atoms with Crippen molar-refractivity contribution >= 4 is 0 Å². The predicted molar refractivity (Wildman–Crippen MR) is 42.5 cm³/mol. The Kier molecular flexibility index (Phi) is 1.59. The van der Waals surface area contributed by atoms with Crippen molar-refractivity contribution in [3.8, 4) is 17.2 Å². The van der Waals surface area contributed by atoms with Gasteiger partial charge < -0.3 is 10.2 Å². The highest BCUT2D eigenvalue weighted by Crippen LogP contribution is 2.25. The molecule has 0 fully saturated rings. The van der Waals surface area contributed by atoms with Gasteiger partial charge in [-0.1, -0.05) is 0 Å². The van der Waals surface area contributed by atoms with E-state index < -0.39 is 0 Å². The normalized spacial score (nSPS) is 10.2. The molecule has 1 heterocycles. The minimum Gasteiger partial charge on any atom is -0.504 e. The number of hydrogen-bond acceptors (Lipinski definition) is 5. The van der Waals surface area contributed by atoms with E-state index in [-0.39, 0.29) is 11.5 Å². The van der Waals surface area contributed by atoms with E-state index in [9.17, 15) is 0 Å². The molecular formula is C7H6N4O2. The van der Waals surface area contributed by atoms with Crippen LogP contribution in [0.25, 0.3) is 5.69 Å². The quantitative estimate of drug-likeness (QED) is 0.604. The fourth-order valence-corrected chi connectivity index (χ4v) is 0.934. The average Bonchev–Trinajstić information content (AvgIpc) is 2.62. The van der Waals surface area contributed by atoms with Crippen LogP contribution in [0.4, 0.5) is 0 Å². The first kappa shape index (κ1) is 7.53. The largest absolute Gasteiger partial charge is 0.504 e. The number of phenols is 2. The van der Waals surface area contributed by atoms with Gasteiger partial charge in [-0.15, -0.1) is 5.10 Å². The van der Waals surface area contributed by atoms with Crippen LogP contribution in [0.2, 0.25) is 0 Å². The summed E-state index contributed by atoms with van der Waals surface area (Å²) in [6.07, 6.45) is 1.39. The maximum atomic E-state index is 9.17. The van der Waals surface area contributed by atoms with Gasteiger partial charge in [0.05, 0.1) is 5.69 Å². The van der Waals surface area contributed by atoms with Gasteiger partial charge in [-0.05, 0) is 22.6 Å². The van der Waals surface area contributed by atoms with Gasteiger partial charge in [-0.2, -0.15) is 0 Å². The monoisotopic (exact) mass is 178 g/mol. The van der Waals surface area contributed by atoms with Crippen molar-refractivity contribution in [3.05, 3.63) is 24.5 Å². The zero-order valence-electron chi connectivity index (χ0n) is 6.49. The molecule has 2 rings (SSSR count). The van der Waals surface area contributed by atoms with Crippen LogP contribution >= 0.6 is 0 Å². The van der Waals surface area contributed by atoms with E-state index in [4.69, 9.17) is 10.2 Å². The van der Waals surface area contributed by atoms with Crippen molar-refractivity contribution in [2.75, 3.05) is 0 Å². The van der Waals surface area contributed by atoms with E-state index in [1.165, 1.54) is 23.1 Å². The zero-order chi connectivity index (χ0) is 9.26. The van der Waals surface area contributed by atoms with Crippen LogP contribution in [-0.2, 0) is 0 Å². The number of aromatic nitrogens is 4. The summed E-state index contributed by atoms with van der Waals surface area (Å²) in [5, 5.41) is 28.7. The molecule has 0 amide bonds. The lowest BCUT2D eigenvalue weighted by Crippen LogP contribution is -1.94. The lowest BCUT2D eigenvalue weighted by Gasteiger charge is -2.00. The second kappa shape index (κ2) is 2.74. The predicted octanol–water partition coefficient (Wildman–Crippen LogP) is 0.0735. The highest BCUT2D eigenvalue weighted by atomic mass is 16.3. The summed E-state index contributed by atoms with van der Waals surface area (Å²) in [5.41, 5.74) is 0.584. The Labute approximate surface area is 73.1 Å². The second-order valence-electron chi connectivity index (χ2n) is 2.43. The van der Waals surface area contributed by atoms with Gasteiger partial charge in [0.1, 0.15) is 6.33 Å². The molecule has 0 saturated heterocycles. The van der Waals surface area contributed by atoms with Crippen LogP contribution in [0.1, 0.15) is 0 Å². The molecular weight excluding hydrogens is 172 g/mol. The summed E-state index contributed by atoms with van der Waals surface area (Å²) in [4.78, 5) is 0. The first-order valence-electron chi connectivity index (χ1n) is 3.53. The molecule has 1 aromatic carbocycles. The van der Waals surface area contributed by atoms with Crippen molar-refractivity contribution in [2.45, 2.75) is 0 Å². The molecule has 66 valence electrons. The van der Waals surface area contributed by atoms with Crippen LogP contribution < -0.4 is 0 Å². The Balaban J connectivity index is 2.49. The summed E-state index contributed by atoms with van der Waals surface area (Å²) in [6, 6.07) is 4.32. The van der Waals surface area contributed by atoms with Crippen molar-refractivity contribution in [1.29, 1.82) is 0 Å². The third kappa shape index (κ3) is 1.28. The van der Waals surface area contributed by atoms with Gasteiger partial charge in [0.2, 0.25) is 0 Å². The minimum absolute atomic E-state index is 0.170. The lowest BCUT2D eigenvalue weighted by molar-refractivity contribution is 0.403. The zero-order valence-corrected chi connectivity index (χ0v) is 6.49. The Morgan fingerprint density at radius 3 is 2.62 bits per heavy atom. The molecule has 0 atom stereocenters. The minimum atomic E-state index is -0.201. The molecule has 0 unspecified atom stereocenters. The smallest absolute Gasteiger partial charge is 0.159 e. The molecule has 2 N–H and O–H groups in total. The Bertz CT molecular complexity index is 412. The third-order valence-electron chi connectivity index (χ3n) is 1.57. The standard InChI is InChI=1S/C7H6N4O2/c12-6-2-1-5(3-7(6)13)11-4-8-9-10-11/h1-4,12-13H. The Hall–Kier alpha value is -2.11. The number of rotatable bonds is 1. The number of hydrogen-bond donors (Lipinski definition) is 2. The molecule has 0 bridgehead atoms. The molecule has 0 spiro atoms. The van der Waals surface area contributed by atoms with Crippen LogP contribution in [0.5, 0.6) is 11.5 Å². The molecule has 1 aromatic heterocycles. The number of benzene rings is 1. The van der Waals surface area contributed by atoms with E-state index >= 15 is 0 Å². The van der Waals surface area contributed by atoms with Crippen molar-refractivity contribution in [1.82, 2.24) is 20.2 Å². The van der Waals surface area contributed by atoms with E-state index in [0.717, 1.165) is 0 Å². The van der Waals surface area contributed by atoms with Gasteiger partial charge in [-0.25, -0.2) is 4.68 Å². The Morgan fingerprint density at radius 2 is 2.00 bits per heavy atom. The molecule has 0 aliphatic rings. The maximum absolute atomic E-state index is 9.17. The molecule has 0 saturated carbocycles. The van der Waals surface area contributed by atoms with E-state index in [1.807, 2.05) is 0 Å². The average molecular weight is 178 g/mol. The van der Waals surface area contributed by atoms with Crippen LogP contribution in [0.3, 0.4) is 0 Å². The second-order valence-corrected chi connectivity index (χ2v) is 2.43. The molecule has 6 heteroatoms. The van der Waals surface area contributed by atoms with Gasteiger partial charge in [0.15, 0.2) is 11.5 Å². The van der Waals surface area contributed by atoms with Gasteiger partial charge in [0, 0.05) is 6.07 Å². The number of phenolic OH excluding ortho intramolecular Hbond substituents is 2. The molecule has 0 aliphatic heterocycles. The van der Waals surface area contributed by atoms with Gasteiger partial charge in [-0.3, -0.25) is 0 Å². The third-order valence-corrected chi connectivity index (χ3v) is 1.57. The molecule has 6 nitrogen and oxygen atoms in total. The summed E-state index contributed by atoms with van der Waals surface area (Å²) in [5.74, 6) is -0.371. The molecule has 2 aromatic rings. The molecule has 0 radical (unpaired) electrons. The Morgan fingerprint density at radius 1 is 1.15 bits per heavy atom. The topological polar surface area (TPSA) is 84.1 Å². The lowest BCUT2D eigenvalue weighted by atomic mass is 10.3. The highest BCUT2D eigenvalue weighted by Gasteiger charge is 2.02. The van der Waals surface area contributed by atoms with Crippen molar-refractivity contribution < 1.29 is 10.2 Å². The fraction of sp³-hybridized carbons (Fsp3) is 0. The summed E-state index contributed by atoms with van der Waals surface area (Å²) < 4.78 is 1.37.